The largest absolute Gasteiger partial charge is 0.480 e. The number of nitrogens with one attached hydrogen (secondary N) is 1. The number of aliphatic carboxylic acids is 1. The molecule has 1 saturated heterocycles. The van der Waals surface area contributed by atoms with Gasteiger partial charge in [0.25, 0.3) is 0 Å². The van der Waals surface area contributed by atoms with Gasteiger partial charge in [0.2, 0.25) is 0 Å². The van der Waals surface area contributed by atoms with Gasteiger partial charge >= 0.3 is 12.0 Å². The highest BCUT2D eigenvalue weighted by molar-refractivity contribution is 5.74. The lowest BCUT2D eigenvalue weighted by Crippen LogP contribution is -2.50. The molecule has 1 unspecified atom stereocenters. The van der Waals surface area contributed by atoms with Crippen molar-refractivity contribution in [3.63, 3.8) is 0 Å². The molecule has 0 aromatic heterocycles. The molecule has 0 bridgehead atoms. The second-order valence-electron chi connectivity index (χ2n) is 6.94. The van der Waals surface area contributed by atoms with E-state index in [0.29, 0.717) is 19.6 Å². The molecule has 0 aliphatic carbocycles. The Morgan fingerprint density at radius 2 is 1.85 bits per heavy atom. The monoisotopic (exact) mass is 361 g/mol. The molecule has 6 heteroatoms. The van der Waals surface area contributed by atoms with E-state index in [4.69, 9.17) is 5.11 Å². The van der Waals surface area contributed by atoms with E-state index in [1.807, 2.05) is 23.6 Å². The number of carboxylic acids is 1. The Bertz CT molecular complexity index is 595. The van der Waals surface area contributed by atoms with Gasteiger partial charge in [0.1, 0.15) is 0 Å². The number of piperidine rings is 1. The summed E-state index contributed by atoms with van der Waals surface area (Å²) in [4.78, 5) is 27.3. The molecule has 0 spiro atoms. The Labute approximate surface area is 156 Å². The summed E-state index contributed by atoms with van der Waals surface area (Å²) in [7, 11) is 0. The van der Waals surface area contributed by atoms with Crippen LogP contribution in [0, 0.1) is 0 Å². The predicted molar refractivity (Wildman–Crippen MR) is 102 cm³/mol. The van der Waals surface area contributed by atoms with Crippen molar-refractivity contribution in [3.8, 4) is 0 Å². The molecule has 144 valence electrons. The van der Waals surface area contributed by atoms with E-state index in [1.54, 1.807) is 0 Å². The molecule has 6 nitrogen and oxygen atoms in total. The van der Waals surface area contributed by atoms with Crippen molar-refractivity contribution < 1.29 is 14.7 Å². The van der Waals surface area contributed by atoms with E-state index in [-0.39, 0.29) is 24.7 Å². The number of carbonyl (C=O) groups excluding carboxylic acids is 1. The van der Waals surface area contributed by atoms with Crippen LogP contribution >= 0.6 is 0 Å². The zero-order valence-corrected chi connectivity index (χ0v) is 16.1. The maximum atomic E-state index is 12.5. The number of rotatable bonds is 7. The van der Waals surface area contributed by atoms with Crippen molar-refractivity contribution in [2.45, 2.75) is 52.1 Å². The number of carboxylic acid groups (broad SMARTS) is 1. The Morgan fingerprint density at radius 1 is 1.23 bits per heavy atom. The van der Waals surface area contributed by atoms with Crippen molar-refractivity contribution in [1.82, 2.24) is 15.1 Å². The zero-order valence-electron chi connectivity index (χ0n) is 16.1. The smallest absolute Gasteiger partial charge is 0.317 e. The highest BCUT2D eigenvalue weighted by atomic mass is 16.4. The van der Waals surface area contributed by atoms with Crippen LogP contribution in [-0.2, 0) is 11.2 Å². The average Bonchev–Trinajstić information content (AvgIpc) is 2.66. The van der Waals surface area contributed by atoms with Crippen molar-refractivity contribution in [2.24, 2.45) is 0 Å². The first-order chi connectivity index (χ1) is 12.4. The van der Waals surface area contributed by atoms with Crippen LogP contribution in [0.4, 0.5) is 4.79 Å². The number of hydrogen-bond donors (Lipinski definition) is 2. The minimum atomic E-state index is -0.796. The number of carbonyl (C=O) groups is 2. The number of hydrogen-bond acceptors (Lipinski definition) is 3. The van der Waals surface area contributed by atoms with Gasteiger partial charge in [-0.25, -0.2) is 4.79 Å². The summed E-state index contributed by atoms with van der Waals surface area (Å²) in [6.45, 7) is 8.21. The van der Waals surface area contributed by atoms with Crippen LogP contribution in [0.1, 0.15) is 50.8 Å². The lowest BCUT2D eigenvalue weighted by molar-refractivity contribution is -0.139. The van der Waals surface area contributed by atoms with Crippen LogP contribution in [0.25, 0.3) is 0 Å². The number of amides is 2. The SMILES string of the molecule is CCc1ccc(C(C)NC(=O)N2CCC(N(CC)CC(=O)O)CC2)cc1. The molecule has 2 amide bonds. The first-order valence-electron chi connectivity index (χ1n) is 9.54. The molecule has 1 atom stereocenters. The molecule has 1 aromatic carbocycles. The zero-order chi connectivity index (χ0) is 19.1. The van der Waals surface area contributed by atoms with E-state index in [2.05, 4.69) is 36.5 Å². The van der Waals surface area contributed by atoms with Crippen molar-refractivity contribution in [2.75, 3.05) is 26.2 Å². The van der Waals surface area contributed by atoms with Crippen LogP contribution in [-0.4, -0.2) is 59.1 Å². The number of aryl methyl sites for hydroxylation is 1. The Kier molecular flexibility index (Phi) is 7.45. The molecular formula is C20H31N3O3. The van der Waals surface area contributed by atoms with Crippen LogP contribution in [0.2, 0.25) is 0 Å². The molecule has 0 saturated carbocycles. The third-order valence-corrected chi connectivity index (χ3v) is 5.24. The van der Waals surface area contributed by atoms with Crippen molar-refractivity contribution in [3.05, 3.63) is 35.4 Å². The number of likely N-dealkylation sites (tertiary alicyclic amines) is 1. The van der Waals surface area contributed by atoms with E-state index in [0.717, 1.165) is 24.8 Å². The highest BCUT2D eigenvalue weighted by Crippen LogP contribution is 2.18. The maximum absolute atomic E-state index is 12.5. The molecule has 1 heterocycles. The van der Waals surface area contributed by atoms with Crippen LogP contribution in [0.5, 0.6) is 0 Å². The van der Waals surface area contributed by atoms with Gasteiger partial charge in [-0.2, -0.15) is 0 Å². The average molecular weight is 361 g/mol. The fraction of sp³-hybridized carbons (Fsp3) is 0.600. The summed E-state index contributed by atoms with van der Waals surface area (Å²) in [5.41, 5.74) is 2.39. The number of likely N-dealkylation sites (N-methyl/N-ethyl adjacent to an activating group) is 1. The summed E-state index contributed by atoms with van der Waals surface area (Å²) < 4.78 is 0. The van der Waals surface area contributed by atoms with Gasteiger partial charge in [0.15, 0.2) is 0 Å². The Balaban J connectivity index is 1.84. The Morgan fingerprint density at radius 3 is 2.35 bits per heavy atom. The summed E-state index contributed by atoms with van der Waals surface area (Å²) in [6.07, 6.45) is 2.63. The van der Waals surface area contributed by atoms with E-state index in [9.17, 15) is 9.59 Å². The topological polar surface area (TPSA) is 72.9 Å². The number of benzene rings is 1. The molecule has 0 radical (unpaired) electrons. The third-order valence-electron chi connectivity index (χ3n) is 5.24. The summed E-state index contributed by atoms with van der Waals surface area (Å²) in [6, 6.07) is 8.50. The maximum Gasteiger partial charge on any atom is 0.317 e. The minimum absolute atomic E-state index is 0.0368. The molecule has 2 N–H and O–H groups in total. The van der Waals surface area contributed by atoms with Crippen molar-refractivity contribution >= 4 is 12.0 Å². The quantitative estimate of drug-likeness (QED) is 0.783. The first-order valence-corrected chi connectivity index (χ1v) is 9.54. The van der Waals surface area contributed by atoms with Crippen LogP contribution in [0.15, 0.2) is 24.3 Å². The van der Waals surface area contributed by atoms with Gasteiger partial charge in [0, 0.05) is 19.1 Å². The second-order valence-corrected chi connectivity index (χ2v) is 6.94. The first kappa shape index (κ1) is 20.2. The number of nitrogens with zero attached hydrogens (tertiary/aromatic N) is 2. The molecule has 1 aliphatic rings. The molecule has 1 fully saturated rings. The van der Waals surface area contributed by atoms with Gasteiger partial charge in [-0.1, -0.05) is 38.1 Å². The van der Waals surface area contributed by atoms with Crippen LogP contribution < -0.4 is 5.32 Å². The lowest BCUT2D eigenvalue weighted by Gasteiger charge is -2.37. The Hall–Kier alpha value is -2.08. The van der Waals surface area contributed by atoms with Crippen LogP contribution in [0.3, 0.4) is 0 Å². The fourth-order valence-corrected chi connectivity index (χ4v) is 3.51. The molecular weight excluding hydrogens is 330 g/mol. The summed E-state index contributed by atoms with van der Waals surface area (Å²) >= 11 is 0. The predicted octanol–water partition coefficient (Wildman–Crippen LogP) is 2.89. The lowest BCUT2D eigenvalue weighted by atomic mass is 10.0. The fourth-order valence-electron chi connectivity index (χ4n) is 3.51. The van der Waals surface area contributed by atoms with Gasteiger partial charge in [-0.15, -0.1) is 0 Å². The second kappa shape index (κ2) is 9.57. The molecule has 26 heavy (non-hydrogen) atoms. The van der Waals surface area contributed by atoms with E-state index < -0.39 is 5.97 Å². The standard InChI is InChI=1S/C20H31N3O3/c1-4-16-6-8-17(9-7-16)15(3)21-20(26)23-12-10-18(11-13-23)22(5-2)14-19(24)25/h6-9,15,18H,4-5,10-14H2,1-3H3,(H,21,26)(H,24,25). The minimum Gasteiger partial charge on any atom is -0.480 e. The van der Waals surface area contributed by atoms with Gasteiger partial charge in [-0.05, 0) is 43.9 Å². The van der Waals surface area contributed by atoms with Gasteiger partial charge in [0.05, 0.1) is 12.6 Å². The third kappa shape index (κ3) is 5.46. The van der Waals surface area contributed by atoms with E-state index in [1.165, 1.54) is 5.56 Å². The molecule has 2 rings (SSSR count). The summed E-state index contributed by atoms with van der Waals surface area (Å²) in [5.74, 6) is -0.796. The highest BCUT2D eigenvalue weighted by Gasteiger charge is 2.27. The molecule has 1 aliphatic heterocycles. The normalized spacial score (nSPS) is 16.5. The number of urea groups is 1. The van der Waals surface area contributed by atoms with Crippen molar-refractivity contribution in [1.29, 1.82) is 0 Å². The van der Waals surface area contributed by atoms with E-state index >= 15 is 0 Å². The van der Waals surface area contributed by atoms with Gasteiger partial charge in [-0.3, -0.25) is 9.69 Å². The molecule has 1 aromatic rings. The van der Waals surface area contributed by atoms with Gasteiger partial charge < -0.3 is 15.3 Å². The summed E-state index contributed by atoms with van der Waals surface area (Å²) in [5, 5.41) is 12.1.